The maximum absolute atomic E-state index is 12.9. The molecular weight excluding hydrogens is 358 g/mol. The molecular formula is C14H20BrNO2S2. The third-order valence-electron chi connectivity index (χ3n) is 4.49. The van der Waals surface area contributed by atoms with Gasteiger partial charge >= 0.3 is 0 Å². The van der Waals surface area contributed by atoms with Crippen molar-refractivity contribution < 1.29 is 8.42 Å². The Balaban J connectivity index is 1.99. The van der Waals surface area contributed by atoms with Crippen LogP contribution in [0.1, 0.15) is 40.0 Å². The van der Waals surface area contributed by atoms with E-state index in [4.69, 9.17) is 0 Å². The highest BCUT2D eigenvalue weighted by molar-refractivity contribution is 9.10. The van der Waals surface area contributed by atoms with Crippen molar-refractivity contribution in [3.8, 4) is 0 Å². The van der Waals surface area contributed by atoms with Crippen molar-refractivity contribution in [3.63, 3.8) is 0 Å². The first-order valence-electron chi connectivity index (χ1n) is 6.88. The number of hydrogen-bond donors (Lipinski definition) is 0. The predicted octanol–water partition coefficient (Wildman–Crippen LogP) is 4.10. The van der Waals surface area contributed by atoms with Crippen LogP contribution in [0.15, 0.2) is 20.1 Å². The van der Waals surface area contributed by atoms with Crippen LogP contribution in [0.25, 0.3) is 0 Å². The van der Waals surface area contributed by atoms with Crippen LogP contribution in [-0.4, -0.2) is 25.3 Å². The molecule has 3 nitrogen and oxygen atoms in total. The summed E-state index contributed by atoms with van der Waals surface area (Å²) >= 11 is 4.66. The second-order valence-electron chi connectivity index (χ2n) is 7.32. The summed E-state index contributed by atoms with van der Waals surface area (Å²) in [6.07, 6.45) is 3.07. The molecule has 0 spiro atoms. The summed E-state index contributed by atoms with van der Waals surface area (Å²) < 4.78 is 28.7. The van der Waals surface area contributed by atoms with Crippen molar-refractivity contribution in [2.24, 2.45) is 10.8 Å². The maximum Gasteiger partial charge on any atom is 0.253 e. The van der Waals surface area contributed by atoms with Gasteiger partial charge in [-0.05, 0) is 57.5 Å². The Kier molecular flexibility index (Phi) is 3.41. The third-order valence-corrected chi connectivity index (χ3v) is 9.04. The molecule has 2 unspecified atom stereocenters. The van der Waals surface area contributed by atoms with E-state index in [2.05, 4.69) is 36.7 Å². The highest BCUT2D eigenvalue weighted by Crippen LogP contribution is 2.54. The molecule has 1 saturated carbocycles. The first-order valence-corrected chi connectivity index (χ1v) is 9.99. The second kappa shape index (κ2) is 4.54. The lowest BCUT2D eigenvalue weighted by Gasteiger charge is -2.39. The molecule has 2 fully saturated rings. The Morgan fingerprint density at radius 3 is 2.65 bits per heavy atom. The van der Waals surface area contributed by atoms with Gasteiger partial charge in [0.1, 0.15) is 4.21 Å². The van der Waals surface area contributed by atoms with Crippen LogP contribution < -0.4 is 0 Å². The summed E-state index contributed by atoms with van der Waals surface area (Å²) in [6, 6.07) is 1.97. The molecule has 1 aromatic rings. The molecule has 0 amide bonds. The number of rotatable bonds is 2. The van der Waals surface area contributed by atoms with E-state index in [-0.39, 0.29) is 16.9 Å². The molecule has 1 aliphatic heterocycles. The van der Waals surface area contributed by atoms with Gasteiger partial charge < -0.3 is 0 Å². The molecule has 1 aromatic heterocycles. The SMILES string of the molecule is CC1(C)CC2CC(C)(CN2S(=O)(=O)c2sccc2Br)C1. The van der Waals surface area contributed by atoms with E-state index in [0.29, 0.717) is 15.2 Å². The van der Waals surface area contributed by atoms with Crippen molar-refractivity contribution >= 4 is 37.3 Å². The zero-order valence-corrected chi connectivity index (χ0v) is 15.2. The Morgan fingerprint density at radius 2 is 2.05 bits per heavy atom. The van der Waals surface area contributed by atoms with Gasteiger partial charge in [0, 0.05) is 17.1 Å². The molecule has 0 radical (unpaired) electrons. The minimum atomic E-state index is -3.36. The zero-order chi connectivity index (χ0) is 14.8. The molecule has 2 aliphatic rings. The average molecular weight is 378 g/mol. The largest absolute Gasteiger partial charge is 0.253 e. The first kappa shape index (κ1) is 15.0. The van der Waals surface area contributed by atoms with E-state index in [1.807, 2.05) is 11.4 Å². The Bertz CT molecular complexity index is 637. The number of thiophene rings is 1. The lowest BCUT2D eigenvalue weighted by atomic mass is 9.65. The summed E-state index contributed by atoms with van der Waals surface area (Å²) in [5.74, 6) is 0. The maximum atomic E-state index is 12.9. The van der Waals surface area contributed by atoms with Crippen LogP contribution in [0.4, 0.5) is 0 Å². The Labute approximate surface area is 133 Å². The predicted molar refractivity (Wildman–Crippen MR) is 85.4 cm³/mol. The van der Waals surface area contributed by atoms with Gasteiger partial charge in [-0.25, -0.2) is 8.42 Å². The van der Waals surface area contributed by atoms with Crippen molar-refractivity contribution in [1.82, 2.24) is 4.31 Å². The third kappa shape index (κ3) is 2.38. The molecule has 2 atom stereocenters. The van der Waals surface area contributed by atoms with Crippen LogP contribution in [0.3, 0.4) is 0 Å². The van der Waals surface area contributed by atoms with Gasteiger partial charge in [0.15, 0.2) is 0 Å². The average Bonchev–Trinajstić information content (AvgIpc) is 2.79. The normalized spacial score (nSPS) is 33.5. The van der Waals surface area contributed by atoms with Crippen LogP contribution in [0.5, 0.6) is 0 Å². The minimum absolute atomic E-state index is 0.128. The van der Waals surface area contributed by atoms with Gasteiger partial charge in [-0.1, -0.05) is 20.8 Å². The fourth-order valence-corrected chi connectivity index (χ4v) is 8.46. The number of sulfonamides is 1. The van der Waals surface area contributed by atoms with Gasteiger partial charge in [0.25, 0.3) is 10.0 Å². The molecule has 112 valence electrons. The van der Waals surface area contributed by atoms with E-state index in [9.17, 15) is 8.42 Å². The molecule has 0 N–H and O–H groups in total. The summed E-state index contributed by atoms with van der Waals surface area (Å²) in [6.45, 7) is 7.41. The van der Waals surface area contributed by atoms with Crippen molar-refractivity contribution in [3.05, 3.63) is 15.9 Å². The topological polar surface area (TPSA) is 37.4 Å². The molecule has 2 heterocycles. The Hall–Kier alpha value is 0.0900. The van der Waals surface area contributed by atoms with E-state index < -0.39 is 10.0 Å². The summed E-state index contributed by atoms with van der Waals surface area (Å²) in [7, 11) is -3.36. The van der Waals surface area contributed by atoms with Gasteiger partial charge in [-0.15, -0.1) is 11.3 Å². The number of nitrogens with zero attached hydrogens (tertiary/aromatic N) is 1. The minimum Gasteiger partial charge on any atom is -0.206 e. The van der Waals surface area contributed by atoms with E-state index >= 15 is 0 Å². The van der Waals surface area contributed by atoms with Crippen LogP contribution >= 0.6 is 27.3 Å². The molecule has 1 saturated heterocycles. The summed E-state index contributed by atoms with van der Waals surface area (Å²) in [5, 5.41) is 1.82. The standard InChI is InChI=1S/C14H20BrNO2S2/c1-13(2)6-10-7-14(3,8-13)9-16(10)20(17,18)12-11(15)4-5-19-12/h4-5,10H,6-9H2,1-3H3. The van der Waals surface area contributed by atoms with Crippen LogP contribution in [-0.2, 0) is 10.0 Å². The fraction of sp³-hybridized carbons (Fsp3) is 0.714. The number of fused-ring (bicyclic) bond motifs is 2. The summed E-state index contributed by atoms with van der Waals surface area (Å²) in [4.78, 5) is 0. The highest BCUT2D eigenvalue weighted by Gasteiger charge is 2.53. The van der Waals surface area contributed by atoms with Gasteiger partial charge in [0.2, 0.25) is 0 Å². The molecule has 0 aromatic carbocycles. The lowest BCUT2D eigenvalue weighted by Crippen LogP contribution is -2.37. The van der Waals surface area contributed by atoms with Crippen LogP contribution in [0, 0.1) is 10.8 Å². The fourth-order valence-electron chi connectivity index (χ4n) is 4.26. The molecule has 2 bridgehead atoms. The van der Waals surface area contributed by atoms with E-state index in [1.165, 1.54) is 11.3 Å². The number of hydrogen-bond acceptors (Lipinski definition) is 3. The zero-order valence-electron chi connectivity index (χ0n) is 12.0. The number of halogens is 1. The quantitative estimate of drug-likeness (QED) is 0.777. The molecule has 6 heteroatoms. The van der Waals surface area contributed by atoms with Gasteiger partial charge in [0.05, 0.1) is 0 Å². The molecule has 3 rings (SSSR count). The second-order valence-corrected chi connectivity index (χ2v) is 11.2. The highest BCUT2D eigenvalue weighted by atomic mass is 79.9. The van der Waals surface area contributed by atoms with E-state index in [0.717, 1.165) is 19.3 Å². The monoisotopic (exact) mass is 377 g/mol. The van der Waals surface area contributed by atoms with Gasteiger partial charge in [-0.3, -0.25) is 0 Å². The molecule has 20 heavy (non-hydrogen) atoms. The van der Waals surface area contributed by atoms with Gasteiger partial charge in [-0.2, -0.15) is 4.31 Å². The van der Waals surface area contributed by atoms with Crippen molar-refractivity contribution in [2.75, 3.05) is 6.54 Å². The molecule has 1 aliphatic carbocycles. The first-order chi connectivity index (χ1) is 9.13. The van der Waals surface area contributed by atoms with Crippen molar-refractivity contribution in [1.29, 1.82) is 0 Å². The smallest absolute Gasteiger partial charge is 0.206 e. The van der Waals surface area contributed by atoms with Crippen molar-refractivity contribution in [2.45, 2.75) is 50.3 Å². The lowest BCUT2D eigenvalue weighted by molar-refractivity contribution is 0.133. The van der Waals surface area contributed by atoms with Crippen LogP contribution in [0.2, 0.25) is 0 Å². The Morgan fingerprint density at radius 1 is 1.35 bits per heavy atom. The van der Waals surface area contributed by atoms with E-state index in [1.54, 1.807) is 4.31 Å². The summed E-state index contributed by atoms with van der Waals surface area (Å²) in [5.41, 5.74) is 0.359.